The smallest absolute Gasteiger partial charge is 0.258 e. The predicted molar refractivity (Wildman–Crippen MR) is 62.7 cm³/mol. The van der Waals surface area contributed by atoms with Gasteiger partial charge in [0.25, 0.3) is 0 Å². The summed E-state index contributed by atoms with van der Waals surface area (Å²) in [6.07, 6.45) is -1.19. The van der Waals surface area contributed by atoms with E-state index in [-0.39, 0.29) is 6.42 Å². The van der Waals surface area contributed by atoms with E-state index in [1.807, 2.05) is 0 Å². The van der Waals surface area contributed by atoms with Gasteiger partial charge in [0, 0.05) is 6.20 Å². The summed E-state index contributed by atoms with van der Waals surface area (Å²) >= 11 is 6.07. The van der Waals surface area contributed by atoms with Gasteiger partial charge >= 0.3 is 6.18 Å². The molecule has 2 fully saturated rings. The van der Waals surface area contributed by atoms with Crippen molar-refractivity contribution in [3.8, 4) is 6.07 Å². The van der Waals surface area contributed by atoms with Gasteiger partial charge in [0.1, 0.15) is 5.41 Å². The fourth-order valence-corrected chi connectivity index (χ4v) is 2.81. The summed E-state index contributed by atoms with van der Waals surface area (Å²) in [6, 6.07) is 3.72. The second-order valence-corrected chi connectivity index (χ2v) is 5.69. The average Bonchev–Trinajstić information content (AvgIpc) is 3.22. The minimum atomic E-state index is -4.15. The maximum Gasteiger partial charge on any atom is 0.392 e. The molecule has 3 rings (SSSR count). The molecule has 2 unspecified atom stereocenters. The van der Waals surface area contributed by atoms with E-state index in [2.05, 4.69) is 11.1 Å². The Morgan fingerprint density at radius 3 is 2.53 bits per heavy atom. The first-order valence-corrected chi connectivity index (χ1v) is 6.39. The van der Waals surface area contributed by atoms with Crippen molar-refractivity contribution in [3.05, 3.63) is 28.5 Å². The van der Waals surface area contributed by atoms with E-state index in [0.29, 0.717) is 29.1 Å². The van der Waals surface area contributed by atoms with Crippen molar-refractivity contribution in [2.45, 2.75) is 36.8 Å². The van der Waals surface area contributed by atoms with Crippen molar-refractivity contribution in [2.75, 3.05) is 0 Å². The number of pyridine rings is 1. The Morgan fingerprint density at radius 2 is 2.11 bits per heavy atom. The highest BCUT2D eigenvalue weighted by atomic mass is 35.5. The van der Waals surface area contributed by atoms with E-state index in [1.54, 1.807) is 0 Å². The van der Waals surface area contributed by atoms with Crippen LogP contribution in [0.5, 0.6) is 0 Å². The van der Waals surface area contributed by atoms with Crippen LogP contribution < -0.4 is 0 Å². The summed E-state index contributed by atoms with van der Waals surface area (Å²) in [5, 5.41) is 9.39. The van der Waals surface area contributed by atoms with Crippen LogP contribution in [0.3, 0.4) is 0 Å². The number of nitrogens with zero attached hydrogens (tertiary/aromatic N) is 2. The van der Waals surface area contributed by atoms with Crippen LogP contribution in [-0.4, -0.2) is 11.2 Å². The molecule has 1 aromatic rings. The van der Waals surface area contributed by atoms with Crippen LogP contribution in [0.1, 0.15) is 36.4 Å². The molecule has 0 radical (unpaired) electrons. The topological polar surface area (TPSA) is 36.7 Å². The number of alkyl halides is 3. The van der Waals surface area contributed by atoms with Crippen LogP contribution in [-0.2, 0) is 5.41 Å². The molecule has 0 spiro atoms. The van der Waals surface area contributed by atoms with Gasteiger partial charge in [0.15, 0.2) is 0 Å². The monoisotopic (exact) mass is 286 g/mol. The third kappa shape index (κ3) is 2.08. The van der Waals surface area contributed by atoms with Gasteiger partial charge in [-0.05, 0) is 36.8 Å². The van der Waals surface area contributed by atoms with Crippen LogP contribution in [0.15, 0.2) is 12.3 Å². The molecule has 0 saturated heterocycles. The fourth-order valence-electron chi connectivity index (χ4n) is 2.46. The third-order valence-electron chi connectivity index (χ3n) is 3.92. The maximum atomic E-state index is 12.5. The van der Waals surface area contributed by atoms with Gasteiger partial charge in [0.2, 0.25) is 0 Å². The first-order valence-electron chi connectivity index (χ1n) is 6.01. The fraction of sp³-hybridized carbons (Fsp3) is 0.538. The lowest BCUT2D eigenvalue weighted by molar-refractivity contribution is -0.148. The van der Waals surface area contributed by atoms with E-state index in [4.69, 9.17) is 16.9 Å². The molecule has 100 valence electrons. The summed E-state index contributed by atoms with van der Waals surface area (Å²) in [6.45, 7) is 0. The van der Waals surface area contributed by atoms with Crippen LogP contribution >= 0.6 is 11.6 Å². The Hall–Kier alpha value is -1.28. The minimum absolute atomic E-state index is 0.101. The summed E-state index contributed by atoms with van der Waals surface area (Å²) in [5.41, 5.74) is 0.414. The Kier molecular flexibility index (Phi) is 2.59. The molecule has 2 aliphatic carbocycles. The van der Waals surface area contributed by atoms with Gasteiger partial charge in [-0.25, -0.2) is 0 Å². The van der Waals surface area contributed by atoms with Crippen LogP contribution in [0.25, 0.3) is 0 Å². The Bertz CT molecular complexity index is 572. The molecule has 0 N–H and O–H groups in total. The molecule has 0 bridgehead atoms. The van der Waals surface area contributed by atoms with Crippen molar-refractivity contribution >= 4 is 11.6 Å². The summed E-state index contributed by atoms with van der Waals surface area (Å²) in [7, 11) is 0. The number of rotatable bonds is 2. The zero-order valence-electron chi connectivity index (χ0n) is 9.84. The van der Waals surface area contributed by atoms with E-state index in [0.717, 1.165) is 0 Å². The highest BCUT2D eigenvalue weighted by Crippen LogP contribution is 2.57. The SMILES string of the molecule is N#CC1(c2ncc(C3CC3C(F)(F)F)cc2Cl)CC1. The van der Waals surface area contributed by atoms with Gasteiger partial charge < -0.3 is 0 Å². The Labute approximate surface area is 113 Å². The van der Waals surface area contributed by atoms with Crippen molar-refractivity contribution in [3.63, 3.8) is 0 Å². The zero-order chi connectivity index (χ0) is 13.8. The minimum Gasteiger partial charge on any atom is -0.258 e. The standard InChI is InChI=1S/C13H10ClF3N2/c14-10-3-7(8-4-9(8)13(15,16)17)5-19-11(10)12(6-18)1-2-12/h3,5,8-9H,1-2,4H2. The lowest BCUT2D eigenvalue weighted by atomic mass is 10.0. The molecule has 2 nitrogen and oxygen atoms in total. The Balaban J connectivity index is 1.84. The molecule has 2 aliphatic rings. The predicted octanol–water partition coefficient (Wildman–Crippen LogP) is 3.96. The molecule has 6 heteroatoms. The molecule has 0 aliphatic heterocycles. The highest BCUT2D eigenvalue weighted by molar-refractivity contribution is 6.31. The first-order chi connectivity index (χ1) is 8.87. The number of halogens is 4. The van der Waals surface area contributed by atoms with Crippen molar-refractivity contribution < 1.29 is 13.2 Å². The highest BCUT2D eigenvalue weighted by Gasteiger charge is 2.56. The van der Waals surface area contributed by atoms with Gasteiger partial charge in [-0.2, -0.15) is 18.4 Å². The Morgan fingerprint density at radius 1 is 1.42 bits per heavy atom. The lowest BCUT2D eigenvalue weighted by Crippen LogP contribution is -2.12. The molecule has 0 amide bonds. The quantitative estimate of drug-likeness (QED) is 0.825. The molecule has 0 aromatic carbocycles. The summed E-state index contributed by atoms with van der Waals surface area (Å²) in [5.74, 6) is -1.81. The van der Waals surface area contributed by atoms with Crippen LogP contribution in [0, 0.1) is 17.2 Å². The maximum absolute atomic E-state index is 12.5. The number of aromatic nitrogens is 1. The largest absolute Gasteiger partial charge is 0.392 e. The number of nitriles is 1. The molecule has 2 saturated carbocycles. The van der Waals surface area contributed by atoms with Gasteiger partial charge in [-0.15, -0.1) is 0 Å². The van der Waals surface area contributed by atoms with Gasteiger partial charge in [-0.3, -0.25) is 4.98 Å². The molecule has 2 atom stereocenters. The van der Waals surface area contributed by atoms with Crippen molar-refractivity contribution in [1.29, 1.82) is 5.26 Å². The van der Waals surface area contributed by atoms with Gasteiger partial charge in [0.05, 0.1) is 22.7 Å². The average molecular weight is 287 g/mol. The molecular weight excluding hydrogens is 277 g/mol. The first kappa shape index (κ1) is 12.7. The van der Waals surface area contributed by atoms with E-state index >= 15 is 0 Å². The van der Waals surface area contributed by atoms with E-state index in [1.165, 1.54) is 12.3 Å². The second kappa shape index (κ2) is 3.86. The zero-order valence-corrected chi connectivity index (χ0v) is 10.6. The van der Waals surface area contributed by atoms with Crippen LogP contribution in [0.2, 0.25) is 5.02 Å². The lowest BCUT2D eigenvalue weighted by Gasteiger charge is -2.10. The van der Waals surface area contributed by atoms with Crippen molar-refractivity contribution in [1.82, 2.24) is 4.98 Å². The number of hydrogen-bond donors (Lipinski definition) is 0. The van der Waals surface area contributed by atoms with E-state index < -0.39 is 23.4 Å². The van der Waals surface area contributed by atoms with Gasteiger partial charge in [-0.1, -0.05) is 11.6 Å². The van der Waals surface area contributed by atoms with Crippen LogP contribution in [0.4, 0.5) is 13.2 Å². The summed E-state index contributed by atoms with van der Waals surface area (Å²) in [4.78, 5) is 4.14. The molecule has 1 heterocycles. The molecule has 1 aromatic heterocycles. The van der Waals surface area contributed by atoms with Crippen molar-refractivity contribution in [2.24, 2.45) is 5.92 Å². The number of hydrogen-bond acceptors (Lipinski definition) is 2. The summed E-state index contributed by atoms with van der Waals surface area (Å²) < 4.78 is 37.5. The normalized spacial score (nSPS) is 27.7. The second-order valence-electron chi connectivity index (χ2n) is 5.28. The molecular formula is C13H10ClF3N2. The third-order valence-corrected chi connectivity index (χ3v) is 4.21. The van der Waals surface area contributed by atoms with E-state index in [9.17, 15) is 13.2 Å². The molecule has 19 heavy (non-hydrogen) atoms.